The zero-order chi connectivity index (χ0) is 10.2. The van der Waals surface area contributed by atoms with E-state index in [0.29, 0.717) is 5.41 Å². The number of fused-ring (bicyclic) bond motifs is 1. The van der Waals surface area contributed by atoms with Crippen molar-refractivity contribution < 1.29 is 0 Å². The summed E-state index contributed by atoms with van der Waals surface area (Å²) in [6.07, 6.45) is 3.61. The number of allylic oxidation sites excluding steroid dienone is 2. The van der Waals surface area contributed by atoms with Crippen molar-refractivity contribution in [2.45, 2.75) is 27.2 Å². The summed E-state index contributed by atoms with van der Waals surface area (Å²) in [5, 5.41) is 0. The van der Waals surface area contributed by atoms with E-state index in [1.54, 1.807) is 12.8 Å². The maximum atomic E-state index is 2.46. The van der Waals surface area contributed by atoms with Gasteiger partial charge in [0, 0.05) is 0 Å². The van der Waals surface area contributed by atoms with Crippen molar-refractivity contribution in [1.29, 1.82) is 0 Å². The molecule has 0 atom stereocenters. The average Bonchev–Trinajstić information content (AvgIpc) is 2.16. The summed E-state index contributed by atoms with van der Waals surface area (Å²) >= 11 is -0.0883. The number of benzene rings is 1. The van der Waals surface area contributed by atoms with Crippen LogP contribution in [0.25, 0.3) is 0 Å². The van der Waals surface area contributed by atoms with E-state index in [-0.39, 0.29) is 20.9 Å². The predicted octanol–water partition coefficient (Wildman–Crippen LogP) is 2.50. The first-order valence-electron chi connectivity index (χ1n) is 5.04. The molecule has 2 rings (SSSR count). The van der Waals surface area contributed by atoms with Crippen LogP contribution in [-0.2, 0) is 6.42 Å². The molecule has 74 valence electrons. The molecule has 0 saturated carbocycles. The third-order valence-electron chi connectivity index (χ3n) is 2.44. The average molecular weight is 300 g/mol. The third-order valence-corrected chi connectivity index (χ3v) is 7.05. The Morgan fingerprint density at radius 3 is 2.57 bits per heavy atom. The summed E-state index contributed by atoms with van der Waals surface area (Å²) in [4.78, 5) is 0. The van der Waals surface area contributed by atoms with Crippen molar-refractivity contribution in [3.05, 3.63) is 39.5 Å². The topological polar surface area (TPSA) is 0 Å². The van der Waals surface area contributed by atoms with Crippen molar-refractivity contribution >= 4 is 24.5 Å². The Hall–Kier alpha value is -0.250. The molecule has 0 unspecified atom stereocenters. The fourth-order valence-electron chi connectivity index (χ4n) is 1.59. The maximum absolute atomic E-state index is 2.46. The molecule has 0 aliphatic carbocycles. The van der Waals surface area contributed by atoms with Gasteiger partial charge >= 0.3 is 96.7 Å². The van der Waals surface area contributed by atoms with Crippen molar-refractivity contribution in [2.24, 2.45) is 5.41 Å². The Morgan fingerprint density at radius 2 is 1.86 bits per heavy atom. The van der Waals surface area contributed by atoms with Crippen molar-refractivity contribution in [2.75, 3.05) is 0 Å². The van der Waals surface area contributed by atoms with Crippen molar-refractivity contribution in [3.8, 4) is 0 Å². The summed E-state index contributed by atoms with van der Waals surface area (Å²) < 4.78 is 3.35. The first-order chi connectivity index (χ1) is 6.57. The summed E-state index contributed by atoms with van der Waals surface area (Å²) in [5.41, 5.74) is 1.94. The molecule has 0 amide bonds. The molecule has 0 nitrogen and oxygen atoms in total. The molecule has 0 bridgehead atoms. The van der Waals surface area contributed by atoms with E-state index in [4.69, 9.17) is 0 Å². The third kappa shape index (κ3) is 2.05. The molecule has 0 spiro atoms. The van der Waals surface area contributed by atoms with Gasteiger partial charge in [-0.05, 0) is 0 Å². The van der Waals surface area contributed by atoms with Crippen LogP contribution in [0.5, 0.6) is 0 Å². The fraction of sp³-hybridized carbons (Fsp3) is 0.385. The quantitative estimate of drug-likeness (QED) is 0.646. The second kappa shape index (κ2) is 3.72. The number of hydrogen-bond donors (Lipinski definition) is 0. The predicted molar refractivity (Wildman–Crippen MR) is 63.1 cm³/mol. The molecule has 0 fully saturated rings. The van der Waals surface area contributed by atoms with Gasteiger partial charge in [-0.1, -0.05) is 0 Å². The zero-order valence-corrected chi connectivity index (χ0v) is 11.3. The molecule has 1 aromatic carbocycles. The summed E-state index contributed by atoms with van der Waals surface area (Å²) in [6, 6.07) is 8.92. The van der Waals surface area contributed by atoms with E-state index in [1.165, 1.54) is 0 Å². The van der Waals surface area contributed by atoms with Crippen LogP contribution in [0.1, 0.15) is 26.3 Å². The molecule has 0 radical (unpaired) electrons. The van der Waals surface area contributed by atoms with Gasteiger partial charge in [0.15, 0.2) is 0 Å². The van der Waals surface area contributed by atoms with Gasteiger partial charge in [0.05, 0.1) is 0 Å². The van der Waals surface area contributed by atoms with Crippen LogP contribution in [-0.4, -0.2) is 20.9 Å². The Kier molecular flexibility index (Phi) is 2.73. The van der Waals surface area contributed by atoms with E-state index in [2.05, 4.69) is 51.1 Å². The van der Waals surface area contributed by atoms with Crippen LogP contribution < -0.4 is 3.61 Å². The van der Waals surface area contributed by atoms with Crippen LogP contribution in [0.15, 0.2) is 34.0 Å². The summed E-state index contributed by atoms with van der Waals surface area (Å²) in [7, 11) is 0. The second-order valence-corrected chi connectivity index (χ2v) is 7.83. The Balaban J connectivity index is 2.30. The Bertz CT molecular complexity index is 369. The Labute approximate surface area is 96.5 Å². The van der Waals surface area contributed by atoms with Gasteiger partial charge in [0.1, 0.15) is 0 Å². The van der Waals surface area contributed by atoms with E-state index < -0.39 is 0 Å². The minimum absolute atomic E-state index is 0.0883. The molecule has 1 aliphatic rings. The van der Waals surface area contributed by atoms with Gasteiger partial charge in [-0.25, -0.2) is 0 Å². The van der Waals surface area contributed by atoms with Gasteiger partial charge in [-0.3, -0.25) is 0 Å². The van der Waals surface area contributed by atoms with E-state index in [0.717, 1.165) is 6.42 Å². The van der Waals surface area contributed by atoms with E-state index in [9.17, 15) is 0 Å². The molecule has 1 aromatic rings. The van der Waals surface area contributed by atoms with Gasteiger partial charge in [-0.15, -0.1) is 0 Å². The molecule has 0 aromatic heterocycles. The standard InChI is InChI=1S/C13H16Te/c1-13(2,3)12-9-8-10-6-4-5-7-11(10)14-12/h4-7,9H,8H2,1-3H3. The van der Waals surface area contributed by atoms with Crippen molar-refractivity contribution in [1.82, 2.24) is 0 Å². The molecule has 1 heteroatoms. The van der Waals surface area contributed by atoms with Crippen LogP contribution in [0.2, 0.25) is 0 Å². The van der Waals surface area contributed by atoms with Gasteiger partial charge in [0.2, 0.25) is 0 Å². The van der Waals surface area contributed by atoms with Gasteiger partial charge < -0.3 is 0 Å². The van der Waals surface area contributed by atoms with E-state index in [1.807, 2.05) is 0 Å². The van der Waals surface area contributed by atoms with Crippen molar-refractivity contribution in [3.63, 3.8) is 0 Å². The van der Waals surface area contributed by atoms with Gasteiger partial charge in [-0.2, -0.15) is 0 Å². The summed E-state index contributed by atoms with van der Waals surface area (Å²) in [5.74, 6) is 0. The van der Waals surface area contributed by atoms with Crippen LogP contribution in [0.4, 0.5) is 0 Å². The first-order valence-corrected chi connectivity index (χ1v) is 7.37. The normalized spacial score (nSPS) is 16.1. The minimum atomic E-state index is -0.0883. The van der Waals surface area contributed by atoms with Crippen LogP contribution in [0, 0.1) is 5.41 Å². The Morgan fingerprint density at radius 1 is 1.14 bits per heavy atom. The summed E-state index contributed by atoms with van der Waals surface area (Å²) in [6.45, 7) is 6.99. The first kappa shape index (κ1) is 10.3. The monoisotopic (exact) mass is 302 g/mol. The SMILES string of the molecule is CC(C)(C)C1=CCc2ccccc2[Te]1. The molecule has 1 heterocycles. The molecule has 0 N–H and O–H groups in total. The molecule has 0 saturated heterocycles. The number of hydrogen-bond acceptors (Lipinski definition) is 0. The number of rotatable bonds is 0. The molecule has 14 heavy (non-hydrogen) atoms. The molecular formula is C13H16Te. The van der Waals surface area contributed by atoms with Gasteiger partial charge in [0.25, 0.3) is 0 Å². The zero-order valence-electron chi connectivity index (χ0n) is 9.00. The molecule has 1 aliphatic heterocycles. The van der Waals surface area contributed by atoms with E-state index >= 15 is 0 Å². The second-order valence-electron chi connectivity index (χ2n) is 4.73. The van der Waals surface area contributed by atoms with Crippen LogP contribution >= 0.6 is 0 Å². The fourth-order valence-corrected chi connectivity index (χ4v) is 4.84. The van der Waals surface area contributed by atoms with Crippen LogP contribution in [0.3, 0.4) is 0 Å². The molecular weight excluding hydrogens is 284 g/mol.